The molecule has 1 aliphatic heterocycles. The van der Waals surface area contributed by atoms with Gasteiger partial charge in [0.1, 0.15) is 24.7 Å². The molecule has 1 aliphatic rings. The Morgan fingerprint density at radius 1 is 0.821 bits per heavy atom. The van der Waals surface area contributed by atoms with Gasteiger partial charge in [-0.3, -0.25) is 4.79 Å². The molecule has 0 saturated carbocycles. The lowest BCUT2D eigenvalue weighted by Gasteiger charge is -2.24. The molecule has 0 N–H and O–H groups in total. The average Bonchev–Trinajstić information content (AvgIpc) is 3.23. The first-order valence-electron chi connectivity index (χ1n) is 13.8. The summed E-state index contributed by atoms with van der Waals surface area (Å²) in [5.74, 6) is 1.14. The quantitative estimate of drug-likeness (QED) is 0.297. The summed E-state index contributed by atoms with van der Waals surface area (Å²) in [6, 6.07) is 13.4. The van der Waals surface area contributed by atoms with Crippen molar-refractivity contribution >= 4 is 17.8 Å². The van der Waals surface area contributed by atoms with E-state index in [9.17, 15) is 14.4 Å². The van der Waals surface area contributed by atoms with Crippen molar-refractivity contribution in [2.45, 2.75) is 53.5 Å². The lowest BCUT2D eigenvalue weighted by molar-refractivity contribution is -0.133. The highest BCUT2D eigenvalue weighted by Crippen LogP contribution is 2.27. The maximum Gasteiger partial charge on any atom is 0.338 e. The third kappa shape index (κ3) is 9.01. The maximum absolute atomic E-state index is 12.9. The standard InChI is InChI=1S/C31H41NO7/c1-6-23-17-26(20-39-31(35)25-9-13-28(14-10-25)38-19-22(4)5)32(29(23)33)15-16-36-30(34)24-7-11-27(12-8-24)37-18-21(2)3/h7-14,21-23,26H,6,15-20H2,1-5H3/t23-,26+/m1/s1. The molecule has 2 aromatic rings. The fraction of sp³-hybridized carbons (Fsp3) is 0.516. The van der Waals surface area contributed by atoms with Crippen LogP contribution in [0.4, 0.5) is 0 Å². The topological polar surface area (TPSA) is 91.4 Å². The van der Waals surface area contributed by atoms with E-state index in [1.807, 2.05) is 6.92 Å². The molecule has 0 aromatic heterocycles. The van der Waals surface area contributed by atoms with Gasteiger partial charge >= 0.3 is 11.9 Å². The fourth-order valence-electron chi connectivity index (χ4n) is 4.24. The van der Waals surface area contributed by atoms with Crippen LogP contribution < -0.4 is 9.47 Å². The largest absolute Gasteiger partial charge is 0.493 e. The van der Waals surface area contributed by atoms with E-state index in [1.54, 1.807) is 53.4 Å². The summed E-state index contributed by atoms with van der Waals surface area (Å²) in [5, 5.41) is 0. The van der Waals surface area contributed by atoms with Crippen molar-refractivity contribution in [3.05, 3.63) is 59.7 Å². The minimum atomic E-state index is -0.465. The number of carbonyl (C=O) groups is 3. The summed E-state index contributed by atoms with van der Waals surface area (Å²) in [6.07, 6.45) is 1.29. The van der Waals surface area contributed by atoms with E-state index in [1.165, 1.54) is 0 Å². The van der Waals surface area contributed by atoms with E-state index in [-0.39, 0.29) is 37.6 Å². The molecule has 3 rings (SSSR count). The van der Waals surface area contributed by atoms with Crippen molar-refractivity contribution in [1.29, 1.82) is 0 Å². The summed E-state index contributed by atoms with van der Waals surface area (Å²) in [4.78, 5) is 39.7. The number of esters is 2. The zero-order valence-electron chi connectivity index (χ0n) is 23.7. The number of carbonyl (C=O) groups excluding carboxylic acids is 3. The Hall–Kier alpha value is -3.55. The first-order chi connectivity index (χ1) is 18.7. The summed E-state index contributed by atoms with van der Waals surface area (Å²) < 4.78 is 22.3. The highest BCUT2D eigenvalue weighted by Gasteiger charge is 2.39. The van der Waals surface area contributed by atoms with Crippen molar-refractivity contribution in [2.24, 2.45) is 17.8 Å². The van der Waals surface area contributed by atoms with Crippen molar-refractivity contribution in [3.8, 4) is 11.5 Å². The number of hydrogen-bond acceptors (Lipinski definition) is 7. The van der Waals surface area contributed by atoms with Crippen LogP contribution in [0.2, 0.25) is 0 Å². The molecular weight excluding hydrogens is 498 g/mol. The molecular formula is C31H41NO7. The zero-order valence-corrected chi connectivity index (χ0v) is 23.7. The smallest absolute Gasteiger partial charge is 0.338 e. The van der Waals surface area contributed by atoms with E-state index in [4.69, 9.17) is 18.9 Å². The van der Waals surface area contributed by atoms with Crippen LogP contribution in [0.1, 0.15) is 68.2 Å². The van der Waals surface area contributed by atoms with Gasteiger partial charge in [0.05, 0.1) is 36.9 Å². The molecule has 2 atom stereocenters. The van der Waals surface area contributed by atoms with E-state index in [2.05, 4.69) is 27.7 Å². The molecule has 1 amide bonds. The van der Waals surface area contributed by atoms with E-state index < -0.39 is 11.9 Å². The Labute approximate surface area is 231 Å². The Morgan fingerprint density at radius 3 is 1.77 bits per heavy atom. The highest BCUT2D eigenvalue weighted by molar-refractivity contribution is 5.90. The van der Waals surface area contributed by atoms with Gasteiger partial charge in [-0.15, -0.1) is 0 Å². The monoisotopic (exact) mass is 539 g/mol. The Morgan fingerprint density at radius 2 is 1.31 bits per heavy atom. The van der Waals surface area contributed by atoms with Crippen LogP contribution in [0, 0.1) is 17.8 Å². The van der Waals surface area contributed by atoms with Crippen LogP contribution in [-0.2, 0) is 14.3 Å². The van der Waals surface area contributed by atoms with Crippen LogP contribution >= 0.6 is 0 Å². The normalized spacial score (nSPS) is 17.0. The third-order valence-corrected chi connectivity index (χ3v) is 6.44. The fourth-order valence-corrected chi connectivity index (χ4v) is 4.24. The van der Waals surface area contributed by atoms with Gasteiger partial charge in [-0.05, 0) is 73.2 Å². The van der Waals surface area contributed by atoms with E-state index in [0.29, 0.717) is 60.5 Å². The second kappa shape index (κ2) is 14.6. The van der Waals surface area contributed by atoms with Gasteiger partial charge in [0.25, 0.3) is 0 Å². The molecule has 0 unspecified atom stereocenters. The van der Waals surface area contributed by atoms with Gasteiger partial charge in [-0.1, -0.05) is 34.6 Å². The molecule has 39 heavy (non-hydrogen) atoms. The average molecular weight is 540 g/mol. The van der Waals surface area contributed by atoms with E-state index >= 15 is 0 Å². The molecule has 0 spiro atoms. The number of hydrogen-bond donors (Lipinski definition) is 0. The Kier molecular flexibility index (Phi) is 11.2. The van der Waals surface area contributed by atoms with Gasteiger partial charge in [0, 0.05) is 5.92 Å². The Bertz CT molecular complexity index is 1080. The van der Waals surface area contributed by atoms with Crippen LogP contribution in [0.25, 0.3) is 0 Å². The molecule has 1 heterocycles. The van der Waals surface area contributed by atoms with Crippen LogP contribution in [-0.4, -0.2) is 61.8 Å². The molecule has 2 aromatic carbocycles. The van der Waals surface area contributed by atoms with E-state index in [0.717, 1.165) is 0 Å². The second-order valence-corrected chi connectivity index (χ2v) is 10.7. The number of ether oxygens (including phenoxy) is 4. The molecule has 1 saturated heterocycles. The SMILES string of the molecule is CC[C@@H]1C[C@@H](COC(=O)c2ccc(OCC(C)C)cc2)N(CCOC(=O)c2ccc(OCC(C)C)cc2)C1=O. The van der Waals surface area contributed by atoms with Crippen LogP contribution in [0.5, 0.6) is 11.5 Å². The molecule has 8 heteroatoms. The van der Waals surface area contributed by atoms with Crippen molar-refractivity contribution in [1.82, 2.24) is 4.90 Å². The highest BCUT2D eigenvalue weighted by atomic mass is 16.5. The van der Waals surface area contributed by atoms with Gasteiger partial charge in [-0.25, -0.2) is 9.59 Å². The first kappa shape index (κ1) is 30.0. The molecule has 0 radical (unpaired) electrons. The minimum absolute atomic E-state index is 0.00657. The van der Waals surface area contributed by atoms with Crippen molar-refractivity contribution < 1.29 is 33.3 Å². The van der Waals surface area contributed by atoms with Crippen LogP contribution in [0.3, 0.4) is 0 Å². The predicted octanol–water partition coefficient (Wildman–Crippen LogP) is 5.40. The summed E-state index contributed by atoms with van der Waals surface area (Å²) in [7, 11) is 0. The summed E-state index contributed by atoms with van der Waals surface area (Å²) >= 11 is 0. The summed E-state index contributed by atoms with van der Waals surface area (Å²) in [5.41, 5.74) is 0.835. The molecule has 0 bridgehead atoms. The van der Waals surface area contributed by atoms with Crippen molar-refractivity contribution in [3.63, 3.8) is 0 Å². The zero-order chi connectivity index (χ0) is 28.4. The molecule has 8 nitrogen and oxygen atoms in total. The van der Waals surface area contributed by atoms with Crippen LogP contribution in [0.15, 0.2) is 48.5 Å². The Balaban J connectivity index is 1.50. The van der Waals surface area contributed by atoms with Crippen molar-refractivity contribution in [2.75, 3.05) is 33.0 Å². The second-order valence-electron chi connectivity index (χ2n) is 10.7. The number of rotatable bonds is 14. The van der Waals surface area contributed by atoms with Gasteiger partial charge < -0.3 is 23.8 Å². The number of amides is 1. The third-order valence-electron chi connectivity index (χ3n) is 6.44. The first-order valence-corrected chi connectivity index (χ1v) is 13.8. The number of likely N-dealkylation sites (tertiary alicyclic amines) is 1. The van der Waals surface area contributed by atoms with Gasteiger partial charge in [0.15, 0.2) is 0 Å². The van der Waals surface area contributed by atoms with Gasteiger partial charge in [-0.2, -0.15) is 0 Å². The molecule has 0 aliphatic carbocycles. The number of nitrogens with zero attached hydrogens (tertiary/aromatic N) is 1. The maximum atomic E-state index is 12.9. The lowest BCUT2D eigenvalue weighted by Crippen LogP contribution is -2.39. The minimum Gasteiger partial charge on any atom is -0.493 e. The molecule has 212 valence electrons. The van der Waals surface area contributed by atoms with Gasteiger partial charge in [0.2, 0.25) is 5.91 Å². The predicted molar refractivity (Wildman–Crippen MR) is 148 cm³/mol. The number of benzene rings is 2. The lowest BCUT2D eigenvalue weighted by atomic mass is 10.0. The summed E-state index contributed by atoms with van der Waals surface area (Å²) in [6.45, 7) is 11.8. The molecule has 1 fully saturated rings.